The van der Waals surface area contributed by atoms with Crippen LogP contribution in [0.2, 0.25) is 0 Å². The molecule has 0 bridgehead atoms. The van der Waals surface area contributed by atoms with Crippen LogP contribution in [0.15, 0.2) is 30.5 Å². The molecular formula is C27H32N6O3S. The van der Waals surface area contributed by atoms with Crippen LogP contribution in [-0.4, -0.2) is 57.6 Å². The second-order valence-electron chi connectivity index (χ2n) is 10.3. The van der Waals surface area contributed by atoms with E-state index in [1.54, 1.807) is 34.1 Å². The van der Waals surface area contributed by atoms with Crippen LogP contribution in [0.3, 0.4) is 0 Å². The highest BCUT2D eigenvalue weighted by molar-refractivity contribution is 7.18. The molecule has 0 aliphatic carbocycles. The zero-order chi connectivity index (χ0) is 26.3. The molecular weight excluding hydrogens is 488 g/mol. The van der Waals surface area contributed by atoms with Gasteiger partial charge in [0.25, 0.3) is 0 Å². The number of nitrogen functional groups attached to an aromatic ring is 1. The van der Waals surface area contributed by atoms with Crippen LogP contribution in [-0.2, 0) is 14.4 Å². The number of amides is 3. The number of carbonyl (C=O) groups excluding carboxylic acids is 3. The molecule has 2 saturated heterocycles. The minimum atomic E-state index is -0.686. The summed E-state index contributed by atoms with van der Waals surface area (Å²) < 4.78 is 1.07. The van der Waals surface area contributed by atoms with Crippen molar-refractivity contribution in [1.82, 2.24) is 19.8 Å². The molecule has 194 valence electrons. The summed E-state index contributed by atoms with van der Waals surface area (Å²) in [5.74, 6) is -0.260. The Morgan fingerprint density at radius 2 is 2.00 bits per heavy atom. The highest BCUT2D eigenvalue weighted by Gasteiger charge is 2.35. The first-order valence-electron chi connectivity index (χ1n) is 12.7. The van der Waals surface area contributed by atoms with E-state index in [0.717, 1.165) is 52.2 Å². The lowest BCUT2D eigenvalue weighted by Crippen LogP contribution is -2.46. The van der Waals surface area contributed by atoms with Crippen LogP contribution in [0, 0.1) is 12.8 Å². The Balaban J connectivity index is 1.37. The number of benzene rings is 1. The Bertz CT molecular complexity index is 1370. The molecule has 3 aromatic rings. The SMILES string of the molecule is Cc1cc(NC(=O)C(=O)N2C[C@@H](C)CC[C@@H]2c2ccc3sc([C@H]4CCN(C)C(=O)C4)nc3c2)cnc1N. The van der Waals surface area contributed by atoms with E-state index in [0.29, 0.717) is 30.4 Å². The van der Waals surface area contributed by atoms with Gasteiger partial charge in [-0.2, -0.15) is 0 Å². The zero-order valence-corrected chi connectivity index (χ0v) is 22.2. The fourth-order valence-corrected chi connectivity index (χ4v) is 6.27. The van der Waals surface area contributed by atoms with E-state index in [1.807, 2.05) is 25.2 Å². The van der Waals surface area contributed by atoms with Gasteiger partial charge in [-0.15, -0.1) is 11.3 Å². The van der Waals surface area contributed by atoms with Gasteiger partial charge in [0.15, 0.2) is 0 Å². The average Bonchev–Trinajstić information content (AvgIpc) is 3.31. The lowest BCUT2D eigenvalue weighted by atomic mass is 9.89. The number of likely N-dealkylation sites (tertiary alicyclic amines) is 2. The van der Waals surface area contributed by atoms with Gasteiger partial charge in [-0.25, -0.2) is 9.97 Å². The summed E-state index contributed by atoms with van der Waals surface area (Å²) in [4.78, 5) is 50.9. The normalized spacial score (nSPS) is 22.4. The standard InChI is InChI=1S/C27H32N6O3S/c1-15-4-6-21(33(14-15)27(36)25(35)30-19-10-16(2)24(28)29-13-19)17-5-7-22-20(11-17)31-26(37-22)18-8-9-32(3)23(34)12-18/h5,7,10-11,13,15,18,21H,4,6,8-9,12,14H2,1-3H3,(H2,28,29)(H,30,35)/t15-,18-,21+/m0/s1. The van der Waals surface area contributed by atoms with Gasteiger partial charge in [0.2, 0.25) is 5.91 Å². The van der Waals surface area contributed by atoms with Crippen LogP contribution in [0.1, 0.15) is 60.7 Å². The highest BCUT2D eigenvalue weighted by atomic mass is 32.1. The number of thiazole rings is 1. The van der Waals surface area contributed by atoms with Crippen LogP contribution in [0.4, 0.5) is 11.5 Å². The Morgan fingerprint density at radius 3 is 2.76 bits per heavy atom. The third-order valence-electron chi connectivity index (χ3n) is 7.47. The van der Waals surface area contributed by atoms with Crippen molar-refractivity contribution in [3.05, 3.63) is 46.6 Å². The number of nitrogens with zero attached hydrogens (tertiary/aromatic N) is 4. The molecule has 4 heterocycles. The van der Waals surface area contributed by atoms with Gasteiger partial charge in [0, 0.05) is 32.5 Å². The van der Waals surface area contributed by atoms with Gasteiger partial charge in [0.05, 0.1) is 33.2 Å². The Labute approximate surface area is 220 Å². The quantitative estimate of drug-likeness (QED) is 0.506. The molecule has 0 spiro atoms. The van der Waals surface area contributed by atoms with Gasteiger partial charge in [-0.05, 0) is 61.4 Å². The van der Waals surface area contributed by atoms with E-state index >= 15 is 0 Å². The number of aromatic nitrogens is 2. The van der Waals surface area contributed by atoms with Crippen molar-refractivity contribution in [2.45, 2.75) is 51.5 Å². The number of fused-ring (bicyclic) bond motifs is 1. The molecule has 0 radical (unpaired) electrons. The number of carbonyl (C=O) groups is 3. The van der Waals surface area contributed by atoms with Crippen molar-refractivity contribution in [2.24, 2.45) is 5.92 Å². The number of anilines is 2. The van der Waals surface area contributed by atoms with Gasteiger partial charge in [-0.1, -0.05) is 13.0 Å². The largest absolute Gasteiger partial charge is 0.383 e. The van der Waals surface area contributed by atoms with Crippen LogP contribution in [0.5, 0.6) is 0 Å². The number of nitrogens with two attached hydrogens (primary N) is 1. The molecule has 10 heteroatoms. The predicted molar refractivity (Wildman–Crippen MR) is 144 cm³/mol. The summed E-state index contributed by atoms with van der Waals surface area (Å²) in [6, 6.07) is 7.62. The summed E-state index contributed by atoms with van der Waals surface area (Å²) in [5.41, 5.74) is 8.79. The van der Waals surface area contributed by atoms with Gasteiger partial charge < -0.3 is 20.9 Å². The van der Waals surface area contributed by atoms with E-state index in [-0.39, 0.29) is 17.9 Å². The Kier molecular flexibility index (Phi) is 6.85. The molecule has 2 aliphatic heterocycles. The average molecular weight is 521 g/mol. The number of hydrogen-bond acceptors (Lipinski definition) is 7. The predicted octanol–water partition coefficient (Wildman–Crippen LogP) is 3.86. The molecule has 2 aromatic heterocycles. The monoisotopic (exact) mass is 520 g/mol. The van der Waals surface area contributed by atoms with Crippen molar-refractivity contribution in [3.63, 3.8) is 0 Å². The molecule has 9 nitrogen and oxygen atoms in total. The maximum absolute atomic E-state index is 13.3. The molecule has 5 rings (SSSR count). The highest BCUT2D eigenvalue weighted by Crippen LogP contribution is 2.38. The zero-order valence-electron chi connectivity index (χ0n) is 21.4. The third kappa shape index (κ3) is 5.16. The minimum absolute atomic E-state index is 0.147. The maximum Gasteiger partial charge on any atom is 0.313 e. The van der Waals surface area contributed by atoms with Crippen LogP contribution >= 0.6 is 11.3 Å². The number of piperidine rings is 2. The summed E-state index contributed by atoms with van der Waals surface area (Å²) in [6.07, 6.45) is 4.60. The van der Waals surface area contributed by atoms with E-state index in [2.05, 4.69) is 17.2 Å². The number of nitrogens with one attached hydrogen (secondary N) is 1. The molecule has 37 heavy (non-hydrogen) atoms. The first-order chi connectivity index (χ1) is 17.7. The fraction of sp³-hybridized carbons (Fsp3) is 0.444. The minimum Gasteiger partial charge on any atom is -0.383 e. The summed E-state index contributed by atoms with van der Waals surface area (Å²) in [7, 11) is 1.84. The van der Waals surface area contributed by atoms with Gasteiger partial charge >= 0.3 is 11.8 Å². The van der Waals surface area contributed by atoms with Gasteiger partial charge in [0.1, 0.15) is 5.82 Å². The van der Waals surface area contributed by atoms with Crippen LogP contribution < -0.4 is 11.1 Å². The van der Waals surface area contributed by atoms with E-state index in [1.165, 1.54) is 6.20 Å². The molecule has 0 saturated carbocycles. The third-order valence-corrected chi connectivity index (χ3v) is 8.67. The van der Waals surface area contributed by atoms with Gasteiger partial charge in [-0.3, -0.25) is 14.4 Å². The fourth-order valence-electron chi connectivity index (χ4n) is 5.19. The summed E-state index contributed by atoms with van der Waals surface area (Å²) in [5, 5.41) is 3.67. The number of rotatable bonds is 3. The molecule has 2 aliphatic rings. The molecule has 3 N–H and O–H groups in total. The first-order valence-corrected chi connectivity index (χ1v) is 13.5. The number of aryl methyl sites for hydroxylation is 1. The number of hydrogen-bond donors (Lipinski definition) is 2. The van der Waals surface area contributed by atoms with Crippen molar-refractivity contribution in [3.8, 4) is 0 Å². The molecule has 0 unspecified atom stereocenters. The molecule has 1 aromatic carbocycles. The molecule has 2 fully saturated rings. The second-order valence-corrected chi connectivity index (χ2v) is 11.4. The first kappa shape index (κ1) is 25.1. The Morgan fingerprint density at radius 1 is 1.19 bits per heavy atom. The van der Waals surface area contributed by atoms with E-state index in [4.69, 9.17) is 10.7 Å². The van der Waals surface area contributed by atoms with Crippen molar-refractivity contribution < 1.29 is 14.4 Å². The lowest BCUT2D eigenvalue weighted by Gasteiger charge is -2.38. The second kappa shape index (κ2) is 10.1. The lowest BCUT2D eigenvalue weighted by molar-refractivity contribution is -0.146. The van der Waals surface area contributed by atoms with Crippen molar-refractivity contribution in [1.29, 1.82) is 0 Å². The maximum atomic E-state index is 13.3. The summed E-state index contributed by atoms with van der Waals surface area (Å²) in [6.45, 7) is 5.15. The molecule has 3 amide bonds. The topological polar surface area (TPSA) is 122 Å². The van der Waals surface area contributed by atoms with Crippen LogP contribution in [0.25, 0.3) is 10.2 Å². The number of pyridine rings is 1. The smallest absolute Gasteiger partial charge is 0.313 e. The van der Waals surface area contributed by atoms with Crippen molar-refractivity contribution >= 4 is 50.8 Å². The molecule has 3 atom stereocenters. The Hall–Kier alpha value is -3.53. The summed E-state index contributed by atoms with van der Waals surface area (Å²) >= 11 is 1.64. The van der Waals surface area contributed by atoms with E-state index in [9.17, 15) is 14.4 Å². The van der Waals surface area contributed by atoms with E-state index < -0.39 is 11.8 Å². The van der Waals surface area contributed by atoms with Crippen molar-refractivity contribution in [2.75, 3.05) is 31.2 Å².